The van der Waals surface area contributed by atoms with Gasteiger partial charge in [-0.15, -0.1) is 0 Å². The second-order valence-corrected chi connectivity index (χ2v) is 4.59. The van der Waals surface area contributed by atoms with Crippen molar-refractivity contribution in [1.29, 1.82) is 5.26 Å². The number of carbonyl (C=O) groups is 1. The average molecular weight is 193 g/mol. The Morgan fingerprint density at radius 1 is 1.71 bits per heavy atom. The summed E-state index contributed by atoms with van der Waals surface area (Å²) in [5.74, 6) is 0.336. The number of cyclic esters (lactones) is 1. The van der Waals surface area contributed by atoms with Gasteiger partial charge in [-0.2, -0.15) is 5.26 Å². The van der Waals surface area contributed by atoms with Gasteiger partial charge in [0.2, 0.25) is 0 Å². The summed E-state index contributed by atoms with van der Waals surface area (Å²) < 4.78 is 5.26. The Morgan fingerprint density at radius 2 is 2.43 bits per heavy atom. The largest absolute Gasteiger partial charge is 0.461 e. The van der Waals surface area contributed by atoms with Crippen LogP contribution in [0.1, 0.15) is 33.1 Å². The number of rotatable bonds is 1. The quantitative estimate of drug-likeness (QED) is 0.597. The molecule has 4 unspecified atom stereocenters. The fourth-order valence-electron chi connectivity index (χ4n) is 2.99. The van der Waals surface area contributed by atoms with Crippen molar-refractivity contribution in [2.75, 3.05) is 0 Å². The molecule has 1 aliphatic carbocycles. The SMILES string of the molecule is CCC1OC(=O)C2(C#N)CC(C)CC12. The third-order valence-corrected chi connectivity index (χ3v) is 3.63. The molecule has 0 aromatic rings. The van der Waals surface area contributed by atoms with Gasteiger partial charge in [0.15, 0.2) is 5.41 Å². The minimum absolute atomic E-state index is 0.0212. The fourth-order valence-corrected chi connectivity index (χ4v) is 2.99. The number of hydrogen-bond acceptors (Lipinski definition) is 3. The van der Waals surface area contributed by atoms with Crippen LogP contribution in [0.5, 0.6) is 0 Å². The van der Waals surface area contributed by atoms with Gasteiger partial charge in [-0.1, -0.05) is 13.8 Å². The normalized spacial score (nSPS) is 45.8. The van der Waals surface area contributed by atoms with E-state index in [9.17, 15) is 10.1 Å². The molecule has 0 radical (unpaired) electrons. The molecule has 0 spiro atoms. The van der Waals surface area contributed by atoms with Crippen molar-refractivity contribution in [3.63, 3.8) is 0 Å². The highest BCUT2D eigenvalue weighted by atomic mass is 16.6. The molecule has 0 aromatic heterocycles. The number of nitrogens with zero attached hydrogens (tertiary/aromatic N) is 1. The molecule has 0 N–H and O–H groups in total. The summed E-state index contributed by atoms with van der Waals surface area (Å²) in [5.41, 5.74) is -0.805. The number of carbonyl (C=O) groups excluding carboxylic acids is 1. The smallest absolute Gasteiger partial charge is 0.327 e. The lowest BCUT2D eigenvalue weighted by Crippen LogP contribution is -2.28. The summed E-state index contributed by atoms with van der Waals surface area (Å²) in [6, 6.07) is 2.21. The van der Waals surface area contributed by atoms with Crippen LogP contribution < -0.4 is 0 Å². The predicted molar refractivity (Wildman–Crippen MR) is 50.1 cm³/mol. The van der Waals surface area contributed by atoms with Crippen LogP contribution in [-0.2, 0) is 9.53 Å². The Kier molecular flexibility index (Phi) is 2.02. The van der Waals surface area contributed by atoms with Crippen molar-refractivity contribution < 1.29 is 9.53 Å². The number of hydrogen-bond donors (Lipinski definition) is 0. The Bertz CT molecular complexity index is 307. The zero-order chi connectivity index (χ0) is 10.3. The van der Waals surface area contributed by atoms with E-state index in [4.69, 9.17) is 4.74 Å². The summed E-state index contributed by atoms with van der Waals surface area (Å²) >= 11 is 0. The molecule has 0 amide bonds. The van der Waals surface area contributed by atoms with E-state index in [1.165, 1.54) is 0 Å². The molecule has 3 heteroatoms. The molecule has 2 rings (SSSR count). The Balaban J connectivity index is 2.35. The molecule has 2 aliphatic rings. The molecule has 14 heavy (non-hydrogen) atoms. The lowest BCUT2D eigenvalue weighted by Gasteiger charge is -2.16. The van der Waals surface area contributed by atoms with Crippen LogP contribution in [0.4, 0.5) is 0 Å². The highest BCUT2D eigenvalue weighted by molar-refractivity contribution is 5.83. The van der Waals surface area contributed by atoms with Crippen LogP contribution in [0.15, 0.2) is 0 Å². The van der Waals surface area contributed by atoms with Gasteiger partial charge in [-0.05, 0) is 25.2 Å². The summed E-state index contributed by atoms with van der Waals surface area (Å²) in [5, 5.41) is 9.18. The van der Waals surface area contributed by atoms with Crippen molar-refractivity contribution in [2.45, 2.75) is 39.2 Å². The number of esters is 1. The van der Waals surface area contributed by atoms with Crippen LogP contribution in [0.2, 0.25) is 0 Å². The van der Waals surface area contributed by atoms with Gasteiger partial charge in [-0.25, -0.2) is 0 Å². The molecule has 0 bridgehead atoms. The van der Waals surface area contributed by atoms with Crippen molar-refractivity contribution in [3.8, 4) is 6.07 Å². The maximum absolute atomic E-state index is 11.7. The Hall–Kier alpha value is -1.04. The lowest BCUT2D eigenvalue weighted by molar-refractivity contribution is -0.147. The standard InChI is InChI=1S/C11H15NO2/c1-3-9-8-4-7(2)5-11(8,6-12)10(13)14-9/h7-9H,3-5H2,1-2H3. The predicted octanol–water partition coefficient (Wildman–Crippen LogP) is 1.88. The number of ether oxygens (including phenoxy) is 1. The van der Waals surface area contributed by atoms with Crippen molar-refractivity contribution in [3.05, 3.63) is 0 Å². The van der Waals surface area contributed by atoms with Gasteiger partial charge < -0.3 is 4.74 Å². The minimum Gasteiger partial charge on any atom is -0.461 e. The Labute approximate surface area is 84.0 Å². The van der Waals surface area contributed by atoms with E-state index >= 15 is 0 Å². The first kappa shape index (κ1) is 9.51. The molecular formula is C11H15NO2. The molecular weight excluding hydrogens is 178 g/mol. The maximum Gasteiger partial charge on any atom is 0.327 e. The van der Waals surface area contributed by atoms with Crippen LogP contribution >= 0.6 is 0 Å². The van der Waals surface area contributed by atoms with Crippen molar-refractivity contribution in [2.24, 2.45) is 17.3 Å². The molecule has 3 nitrogen and oxygen atoms in total. The van der Waals surface area contributed by atoms with Crippen LogP contribution in [0.25, 0.3) is 0 Å². The van der Waals surface area contributed by atoms with Crippen LogP contribution in [0, 0.1) is 28.6 Å². The van der Waals surface area contributed by atoms with E-state index < -0.39 is 5.41 Å². The second kappa shape index (κ2) is 2.98. The van der Waals surface area contributed by atoms with Gasteiger partial charge in [0.1, 0.15) is 6.10 Å². The van der Waals surface area contributed by atoms with E-state index in [-0.39, 0.29) is 18.0 Å². The molecule has 1 heterocycles. The summed E-state index contributed by atoms with van der Waals surface area (Å²) in [7, 11) is 0. The summed E-state index contributed by atoms with van der Waals surface area (Å²) in [6.45, 7) is 4.12. The molecule has 4 atom stereocenters. The molecule has 1 saturated carbocycles. The summed E-state index contributed by atoms with van der Waals surface area (Å²) in [4.78, 5) is 11.7. The summed E-state index contributed by atoms with van der Waals surface area (Å²) in [6.07, 6.45) is 2.44. The van der Waals surface area contributed by atoms with E-state index in [2.05, 4.69) is 13.0 Å². The third kappa shape index (κ3) is 1.00. The third-order valence-electron chi connectivity index (χ3n) is 3.63. The van der Waals surface area contributed by atoms with Gasteiger partial charge in [0.25, 0.3) is 0 Å². The van der Waals surface area contributed by atoms with Crippen molar-refractivity contribution >= 4 is 5.97 Å². The first-order valence-corrected chi connectivity index (χ1v) is 5.26. The van der Waals surface area contributed by atoms with Gasteiger partial charge >= 0.3 is 5.97 Å². The van der Waals surface area contributed by atoms with E-state index in [0.717, 1.165) is 12.8 Å². The Morgan fingerprint density at radius 3 is 3.00 bits per heavy atom. The zero-order valence-electron chi connectivity index (χ0n) is 8.62. The van der Waals surface area contributed by atoms with Crippen LogP contribution in [-0.4, -0.2) is 12.1 Å². The number of fused-ring (bicyclic) bond motifs is 1. The monoisotopic (exact) mass is 193 g/mol. The maximum atomic E-state index is 11.7. The molecule has 1 aliphatic heterocycles. The fraction of sp³-hybridized carbons (Fsp3) is 0.818. The van der Waals surface area contributed by atoms with Gasteiger partial charge in [0, 0.05) is 5.92 Å². The van der Waals surface area contributed by atoms with E-state index in [1.807, 2.05) is 6.92 Å². The lowest BCUT2D eigenvalue weighted by atomic mass is 9.78. The highest BCUT2D eigenvalue weighted by Crippen LogP contribution is 2.53. The average Bonchev–Trinajstić information content (AvgIpc) is 2.62. The number of nitriles is 1. The molecule has 76 valence electrons. The second-order valence-electron chi connectivity index (χ2n) is 4.59. The zero-order valence-corrected chi connectivity index (χ0v) is 8.62. The first-order chi connectivity index (χ1) is 6.64. The first-order valence-electron chi connectivity index (χ1n) is 5.26. The minimum atomic E-state index is -0.805. The topological polar surface area (TPSA) is 50.1 Å². The molecule has 2 fully saturated rings. The van der Waals surface area contributed by atoms with E-state index in [0.29, 0.717) is 12.3 Å². The molecule has 0 aromatic carbocycles. The molecule has 1 saturated heterocycles. The van der Waals surface area contributed by atoms with E-state index in [1.54, 1.807) is 0 Å². The van der Waals surface area contributed by atoms with Crippen LogP contribution in [0.3, 0.4) is 0 Å². The van der Waals surface area contributed by atoms with Crippen molar-refractivity contribution in [1.82, 2.24) is 0 Å². The van der Waals surface area contributed by atoms with Gasteiger partial charge in [-0.3, -0.25) is 4.79 Å². The highest BCUT2D eigenvalue weighted by Gasteiger charge is 2.61. The van der Waals surface area contributed by atoms with Gasteiger partial charge in [0.05, 0.1) is 6.07 Å².